The largest absolute Gasteiger partial charge is 0.444 e. The average Bonchev–Trinajstić information content (AvgIpc) is 2.57. The summed E-state index contributed by atoms with van der Waals surface area (Å²) in [5.74, 6) is -0.644. The normalized spacial score (nSPS) is 24.7. The fraction of sp³-hybridized carbons (Fsp3) is 0.917. The Morgan fingerprint density at radius 1 is 1.39 bits per heavy atom. The van der Waals surface area contributed by atoms with Gasteiger partial charge in [-0.3, -0.25) is 0 Å². The van der Waals surface area contributed by atoms with Gasteiger partial charge < -0.3 is 14.7 Å². The quantitative estimate of drug-likeness (QED) is 0.850. The van der Waals surface area contributed by atoms with E-state index in [1.807, 2.05) is 0 Å². The van der Waals surface area contributed by atoms with E-state index in [9.17, 15) is 13.6 Å². The van der Waals surface area contributed by atoms with Crippen LogP contribution in [0.5, 0.6) is 0 Å². The van der Waals surface area contributed by atoms with Gasteiger partial charge in [0.25, 0.3) is 0 Å². The van der Waals surface area contributed by atoms with E-state index < -0.39 is 18.1 Å². The molecule has 0 saturated carbocycles. The van der Waals surface area contributed by atoms with Crippen molar-refractivity contribution in [1.82, 2.24) is 4.90 Å². The van der Waals surface area contributed by atoms with E-state index in [1.165, 1.54) is 4.90 Å². The van der Waals surface area contributed by atoms with Gasteiger partial charge in [-0.2, -0.15) is 0 Å². The van der Waals surface area contributed by atoms with Crippen molar-refractivity contribution in [3.05, 3.63) is 0 Å². The third-order valence-corrected chi connectivity index (χ3v) is 2.94. The summed E-state index contributed by atoms with van der Waals surface area (Å²) in [6.45, 7) is 5.58. The standard InChI is InChI=1S/C12H21F2NO3/c1-12(2,3)18-11(17)15-5-8(4-10(13)14)9(6-15)7-16/h8-10,16H,4-7H2,1-3H3. The summed E-state index contributed by atoms with van der Waals surface area (Å²) in [6.07, 6.45) is -3.20. The van der Waals surface area contributed by atoms with E-state index in [1.54, 1.807) is 20.8 Å². The first-order valence-corrected chi connectivity index (χ1v) is 6.10. The van der Waals surface area contributed by atoms with Gasteiger partial charge in [-0.1, -0.05) is 0 Å². The molecule has 0 spiro atoms. The van der Waals surface area contributed by atoms with Crippen LogP contribution in [0.4, 0.5) is 13.6 Å². The number of carbonyl (C=O) groups is 1. The molecule has 6 heteroatoms. The van der Waals surface area contributed by atoms with Crippen molar-refractivity contribution in [2.24, 2.45) is 11.8 Å². The maximum atomic E-state index is 12.4. The number of ether oxygens (including phenoxy) is 1. The Bertz CT molecular complexity index is 292. The lowest BCUT2D eigenvalue weighted by atomic mass is 9.94. The van der Waals surface area contributed by atoms with Crippen molar-refractivity contribution in [2.45, 2.75) is 39.2 Å². The molecule has 18 heavy (non-hydrogen) atoms. The molecule has 2 unspecified atom stereocenters. The molecular weight excluding hydrogens is 244 g/mol. The summed E-state index contributed by atoms with van der Waals surface area (Å²) in [4.78, 5) is 13.2. The number of nitrogens with zero attached hydrogens (tertiary/aromatic N) is 1. The van der Waals surface area contributed by atoms with E-state index >= 15 is 0 Å². The molecule has 0 aliphatic carbocycles. The van der Waals surface area contributed by atoms with Crippen LogP contribution in [-0.4, -0.2) is 47.8 Å². The van der Waals surface area contributed by atoms with Crippen LogP contribution < -0.4 is 0 Å². The summed E-state index contributed by atoms with van der Waals surface area (Å²) in [5, 5.41) is 9.16. The molecule has 1 N–H and O–H groups in total. The lowest BCUT2D eigenvalue weighted by Crippen LogP contribution is -2.35. The molecule has 1 amide bonds. The van der Waals surface area contributed by atoms with Gasteiger partial charge >= 0.3 is 6.09 Å². The highest BCUT2D eigenvalue weighted by atomic mass is 19.3. The minimum Gasteiger partial charge on any atom is -0.444 e. The number of hydrogen-bond acceptors (Lipinski definition) is 3. The van der Waals surface area contributed by atoms with Gasteiger partial charge in [0.1, 0.15) is 5.60 Å². The Hall–Kier alpha value is -0.910. The van der Waals surface area contributed by atoms with Crippen molar-refractivity contribution >= 4 is 6.09 Å². The second-order valence-electron chi connectivity index (χ2n) is 5.71. The minimum absolute atomic E-state index is 0.184. The molecule has 4 nitrogen and oxygen atoms in total. The fourth-order valence-corrected chi connectivity index (χ4v) is 2.12. The summed E-state index contributed by atoms with van der Waals surface area (Å²) >= 11 is 0. The third kappa shape index (κ3) is 4.40. The second-order valence-corrected chi connectivity index (χ2v) is 5.71. The Morgan fingerprint density at radius 3 is 2.39 bits per heavy atom. The van der Waals surface area contributed by atoms with Crippen LogP contribution in [-0.2, 0) is 4.74 Å². The Morgan fingerprint density at radius 2 is 1.94 bits per heavy atom. The van der Waals surface area contributed by atoms with Crippen LogP contribution in [0.15, 0.2) is 0 Å². The number of carbonyl (C=O) groups excluding carboxylic acids is 1. The fourth-order valence-electron chi connectivity index (χ4n) is 2.12. The average molecular weight is 265 g/mol. The number of amides is 1. The van der Waals surface area contributed by atoms with Crippen molar-refractivity contribution < 1.29 is 23.4 Å². The molecule has 106 valence electrons. The SMILES string of the molecule is CC(C)(C)OC(=O)N1CC(CO)C(CC(F)F)C1. The van der Waals surface area contributed by atoms with E-state index in [-0.39, 0.29) is 38.0 Å². The molecule has 1 saturated heterocycles. The summed E-state index contributed by atoms with van der Waals surface area (Å²) in [6, 6.07) is 0. The zero-order valence-electron chi connectivity index (χ0n) is 11.0. The van der Waals surface area contributed by atoms with Crippen LogP contribution in [0, 0.1) is 11.8 Å². The summed E-state index contributed by atoms with van der Waals surface area (Å²) < 4.78 is 29.9. The molecule has 2 atom stereocenters. The minimum atomic E-state index is -2.41. The van der Waals surface area contributed by atoms with Gasteiger partial charge in [-0.15, -0.1) is 0 Å². The third-order valence-electron chi connectivity index (χ3n) is 2.94. The molecule has 1 aliphatic heterocycles. The summed E-state index contributed by atoms with van der Waals surface area (Å²) in [5.41, 5.74) is -0.605. The molecule has 0 radical (unpaired) electrons. The lowest BCUT2D eigenvalue weighted by Gasteiger charge is -2.24. The molecule has 1 rings (SSSR count). The smallest absolute Gasteiger partial charge is 0.410 e. The van der Waals surface area contributed by atoms with Crippen molar-refractivity contribution in [3.63, 3.8) is 0 Å². The molecular formula is C12H21F2NO3. The molecule has 1 heterocycles. The number of rotatable bonds is 3. The molecule has 0 aromatic carbocycles. The van der Waals surface area contributed by atoms with Crippen LogP contribution in [0.25, 0.3) is 0 Å². The molecule has 0 aromatic rings. The van der Waals surface area contributed by atoms with Crippen LogP contribution >= 0.6 is 0 Å². The highest BCUT2D eigenvalue weighted by molar-refractivity contribution is 5.68. The topological polar surface area (TPSA) is 49.8 Å². The van der Waals surface area contributed by atoms with Gasteiger partial charge in [0, 0.05) is 32.0 Å². The zero-order chi connectivity index (χ0) is 13.9. The van der Waals surface area contributed by atoms with Crippen molar-refractivity contribution in [3.8, 4) is 0 Å². The maximum Gasteiger partial charge on any atom is 0.410 e. The van der Waals surface area contributed by atoms with Gasteiger partial charge in [-0.25, -0.2) is 13.6 Å². The van der Waals surface area contributed by atoms with E-state index in [0.717, 1.165) is 0 Å². The molecule has 1 fully saturated rings. The number of aliphatic hydroxyl groups excluding tert-OH is 1. The van der Waals surface area contributed by atoms with E-state index in [0.29, 0.717) is 0 Å². The first-order chi connectivity index (χ1) is 8.23. The van der Waals surface area contributed by atoms with Crippen molar-refractivity contribution in [2.75, 3.05) is 19.7 Å². The highest BCUT2D eigenvalue weighted by Crippen LogP contribution is 2.29. The maximum absolute atomic E-state index is 12.4. The molecule has 1 aliphatic rings. The van der Waals surface area contributed by atoms with Crippen LogP contribution in [0.2, 0.25) is 0 Å². The second kappa shape index (κ2) is 5.82. The van der Waals surface area contributed by atoms with E-state index in [2.05, 4.69) is 0 Å². The Kier molecular flexibility index (Phi) is 4.90. The molecule has 0 bridgehead atoms. The molecule has 0 aromatic heterocycles. The van der Waals surface area contributed by atoms with Gasteiger partial charge in [0.05, 0.1) is 0 Å². The van der Waals surface area contributed by atoms with Crippen LogP contribution in [0.3, 0.4) is 0 Å². The van der Waals surface area contributed by atoms with Gasteiger partial charge in [0.15, 0.2) is 0 Å². The predicted molar refractivity (Wildman–Crippen MR) is 62.5 cm³/mol. The first kappa shape index (κ1) is 15.1. The number of alkyl halides is 2. The lowest BCUT2D eigenvalue weighted by molar-refractivity contribution is 0.0276. The zero-order valence-corrected chi connectivity index (χ0v) is 11.0. The van der Waals surface area contributed by atoms with Crippen molar-refractivity contribution in [1.29, 1.82) is 0 Å². The van der Waals surface area contributed by atoms with Gasteiger partial charge in [0.2, 0.25) is 6.43 Å². The van der Waals surface area contributed by atoms with Crippen LogP contribution in [0.1, 0.15) is 27.2 Å². The number of aliphatic hydroxyl groups is 1. The number of halogens is 2. The first-order valence-electron chi connectivity index (χ1n) is 6.10. The number of likely N-dealkylation sites (tertiary alicyclic amines) is 1. The Balaban J connectivity index is 2.58. The highest BCUT2D eigenvalue weighted by Gasteiger charge is 2.37. The monoisotopic (exact) mass is 265 g/mol. The number of hydrogen-bond donors (Lipinski definition) is 1. The summed E-state index contributed by atoms with van der Waals surface area (Å²) in [7, 11) is 0. The Labute approximate surface area is 106 Å². The van der Waals surface area contributed by atoms with Gasteiger partial charge in [-0.05, 0) is 26.7 Å². The van der Waals surface area contributed by atoms with E-state index in [4.69, 9.17) is 9.84 Å². The predicted octanol–water partition coefficient (Wildman–Crippen LogP) is 2.12.